The van der Waals surface area contributed by atoms with Crippen LogP contribution in [0.2, 0.25) is 5.02 Å². The average Bonchev–Trinajstić information content (AvgIpc) is 3.72. The number of nitrogens with one attached hydrogen (secondary N) is 1. The van der Waals surface area contributed by atoms with Gasteiger partial charge < -0.3 is 14.5 Å². The van der Waals surface area contributed by atoms with Gasteiger partial charge in [0.25, 0.3) is 5.91 Å². The van der Waals surface area contributed by atoms with E-state index in [4.69, 9.17) is 16.3 Å². The Morgan fingerprint density at radius 3 is 2.10 bits per heavy atom. The van der Waals surface area contributed by atoms with Crippen LogP contribution in [-0.2, 0) is 48.0 Å². The summed E-state index contributed by atoms with van der Waals surface area (Å²) >= 11 is 10.4. The minimum atomic E-state index is -1.88. The molecule has 11 heteroatoms. The van der Waals surface area contributed by atoms with E-state index >= 15 is 9.59 Å². The van der Waals surface area contributed by atoms with Crippen LogP contribution in [-0.4, -0.2) is 41.3 Å². The molecule has 1 N–H and O–H groups in total. The molecule has 0 aliphatic carbocycles. The van der Waals surface area contributed by atoms with Gasteiger partial charge in [0.2, 0.25) is 11.8 Å². The van der Waals surface area contributed by atoms with Gasteiger partial charge in [0, 0.05) is 32.9 Å². The Labute approximate surface area is 290 Å². The van der Waals surface area contributed by atoms with Gasteiger partial charge >= 0.3 is 5.97 Å². The van der Waals surface area contributed by atoms with E-state index in [0.29, 0.717) is 32.0 Å². The zero-order valence-electron chi connectivity index (χ0n) is 25.9. The van der Waals surface area contributed by atoms with Gasteiger partial charge in [-0.05, 0) is 60.0 Å². The maximum atomic E-state index is 15.8. The van der Waals surface area contributed by atoms with Crippen molar-refractivity contribution < 1.29 is 23.9 Å². The number of fused-ring (bicyclic) bond motifs is 7. The molecule has 4 atom stereocenters. The highest BCUT2D eigenvalue weighted by Crippen LogP contribution is 2.69. The van der Waals surface area contributed by atoms with Crippen molar-refractivity contribution in [1.82, 2.24) is 10.4 Å². The molecule has 3 amide bonds. The van der Waals surface area contributed by atoms with Gasteiger partial charge in [-0.25, -0.2) is 0 Å². The number of amides is 3. The third-order valence-electron chi connectivity index (χ3n) is 10.1. The lowest BCUT2D eigenvalue weighted by molar-refractivity contribution is -0.155. The van der Waals surface area contributed by atoms with Crippen molar-refractivity contribution in [3.8, 4) is 0 Å². The van der Waals surface area contributed by atoms with E-state index in [1.54, 1.807) is 39.9 Å². The first-order valence-corrected chi connectivity index (χ1v) is 17.0. The number of esters is 1. The molecule has 4 aromatic carbocycles. The van der Waals surface area contributed by atoms with Gasteiger partial charge in [-0.15, -0.1) is 0 Å². The van der Waals surface area contributed by atoms with E-state index in [-0.39, 0.29) is 32.0 Å². The third-order valence-corrected chi connectivity index (χ3v) is 10.8. The fourth-order valence-corrected chi connectivity index (χ4v) is 9.01. The molecular weight excluding hydrogens is 696 g/mol. The Morgan fingerprint density at radius 1 is 0.854 bits per heavy atom. The van der Waals surface area contributed by atoms with Crippen LogP contribution in [0.15, 0.2) is 102 Å². The minimum Gasteiger partial charge on any atom is -0.466 e. The van der Waals surface area contributed by atoms with Crippen LogP contribution < -0.4 is 15.2 Å². The summed E-state index contributed by atoms with van der Waals surface area (Å²) < 4.78 is 6.40. The summed E-state index contributed by atoms with van der Waals surface area (Å²) in [5.41, 5.74) is 3.00. The smallest absolute Gasteiger partial charge is 0.312 e. The molecule has 48 heavy (non-hydrogen) atoms. The highest BCUT2D eigenvalue weighted by molar-refractivity contribution is 9.10. The number of ether oxygens (including phenoxy) is 1. The van der Waals surface area contributed by atoms with Crippen molar-refractivity contribution in [2.24, 2.45) is 5.92 Å². The highest BCUT2D eigenvalue weighted by Gasteiger charge is 2.84. The molecule has 2 fully saturated rings. The zero-order valence-corrected chi connectivity index (χ0v) is 28.2. The zero-order chi connectivity index (χ0) is 33.4. The van der Waals surface area contributed by atoms with Crippen LogP contribution in [0.1, 0.15) is 35.6 Å². The molecule has 9 nitrogen and oxygen atoms in total. The van der Waals surface area contributed by atoms with Gasteiger partial charge in [0.15, 0.2) is 5.54 Å². The van der Waals surface area contributed by atoms with Gasteiger partial charge in [-0.1, -0.05) is 88.2 Å². The minimum absolute atomic E-state index is 0.0487. The summed E-state index contributed by atoms with van der Waals surface area (Å²) in [6.07, 6.45) is -0.107. The summed E-state index contributed by atoms with van der Waals surface area (Å²) in [6.45, 7) is 2.13. The fraction of sp³-hybridized carbons (Fsp3) is 0.243. The van der Waals surface area contributed by atoms with Gasteiger partial charge in [0.1, 0.15) is 5.41 Å². The molecule has 2 spiro atoms. The standard InChI is InChI=1S/C37H30BrClN4O5/c1-2-48-33(45)32-30-19-31(44)40-43(30)37(27-17-24(38)13-15-29(27)42(35(37)47)21-23-11-7-4-8-12-23)36(32)26-18-25(39)14-16-28(26)41(34(36)46)20-22-9-5-3-6-10-22/h3-18,30,32H,2,19-21H2,1H3,(H,40,44)/t30-,32+,36+,37-/m0/s1. The molecule has 0 radical (unpaired) electrons. The molecule has 0 unspecified atom stereocenters. The Balaban J connectivity index is 1.46. The Hall–Kier alpha value is -4.51. The maximum absolute atomic E-state index is 15.8. The van der Waals surface area contributed by atoms with Crippen LogP contribution >= 0.6 is 27.5 Å². The van der Waals surface area contributed by atoms with Crippen molar-refractivity contribution in [1.29, 1.82) is 0 Å². The predicted molar refractivity (Wildman–Crippen MR) is 183 cm³/mol. The van der Waals surface area contributed by atoms with E-state index in [1.165, 1.54) is 0 Å². The first kappa shape index (κ1) is 30.8. The summed E-state index contributed by atoms with van der Waals surface area (Å²) in [5.74, 6) is -3.13. The molecule has 4 heterocycles. The number of nitrogens with zero attached hydrogens (tertiary/aromatic N) is 3. The largest absolute Gasteiger partial charge is 0.466 e. The number of benzene rings is 4. The number of rotatable bonds is 6. The second kappa shape index (κ2) is 11.3. The second-order valence-corrected chi connectivity index (χ2v) is 13.9. The van der Waals surface area contributed by atoms with E-state index in [2.05, 4.69) is 21.4 Å². The number of carbonyl (C=O) groups is 4. The number of halogens is 2. The van der Waals surface area contributed by atoms with E-state index in [9.17, 15) is 9.59 Å². The molecule has 2 saturated heterocycles. The molecule has 0 aromatic heterocycles. The molecular formula is C37H30BrClN4O5. The number of hydrogen-bond donors (Lipinski definition) is 1. The average molecular weight is 726 g/mol. The monoisotopic (exact) mass is 724 g/mol. The maximum Gasteiger partial charge on any atom is 0.312 e. The summed E-state index contributed by atoms with van der Waals surface area (Å²) in [7, 11) is 0. The predicted octanol–water partition coefficient (Wildman–Crippen LogP) is 5.63. The second-order valence-electron chi connectivity index (χ2n) is 12.5. The summed E-state index contributed by atoms with van der Waals surface area (Å²) in [6, 6.07) is 28.9. The van der Waals surface area contributed by atoms with Crippen molar-refractivity contribution in [3.05, 3.63) is 129 Å². The molecule has 242 valence electrons. The number of hydrazine groups is 1. The molecule has 0 saturated carbocycles. The fourth-order valence-electron chi connectivity index (χ4n) is 8.47. The SMILES string of the molecule is CCOC(=O)[C@H]1[C@@H]2CC(=O)NN2[C@@]2(C(=O)N(Cc3ccccc3)c3ccc(Br)cc32)[C@@]12C(=O)N(Cc1ccccc1)c1ccc(Cl)cc12. The number of hydrogen-bond acceptors (Lipinski definition) is 6. The van der Waals surface area contributed by atoms with Crippen molar-refractivity contribution in [3.63, 3.8) is 0 Å². The Morgan fingerprint density at radius 2 is 1.46 bits per heavy atom. The molecule has 0 bridgehead atoms. The van der Waals surface area contributed by atoms with Gasteiger partial charge in [-0.2, -0.15) is 5.01 Å². The lowest BCUT2D eigenvalue weighted by atomic mass is 9.58. The lowest BCUT2D eigenvalue weighted by Gasteiger charge is -2.43. The Kier molecular flexibility index (Phi) is 7.24. The third kappa shape index (κ3) is 4.06. The normalized spacial score (nSPS) is 25.5. The van der Waals surface area contributed by atoms with Crippen LogP contribution in [0.25, 0.3) is 0 Å². The summed E-state index contributed by atoms with van der Waals surface area (Å²) in [5, 5.41) is 1.93. The van der Waals surface area contributed by atoms with E-state index in [1.807, 2.05) is 78.9 Å². The van der Waals surface area contributed by atoms with Crippen LogP contribution in [0, 0.1) is 5.92 Å². The van der Waals surface area contributed by atoms with Crippen molar-refractivity contribution in [2.75, 3.05) is 16.4 Å². The van der Waals surface area contributed by atoms with E-state index < -0.39 is 40.7 Å². The highest BCUT2D eigenvalue weighted by atomic mass is 79.9. The first-order valence-electron chi connectivity index (χ1n) is 15.8. The molecule has 4 aromatic rings. The molecule has 4 aliphatic heterocycles. The quantitative estimate of drug-likeness (QED) is 0.259. The van der Waals surface area contributed by atoms with Crippen LogP contribution in [0.5, 0.6) is 0 Å². The first-order chi connectivity index (χ1) is 23.2. The number of carbonyl (C=O) groups excluding carboxylic acids is 4. The lowest BCUT2D eigenvalue weighted by Crippen LogP contribution is -2.66. The van der Waals surface area contributed by atoms with Crippen molar-refractivity contribution >= 4 is 62.6 Å². The van der Waals surface area contributed by atoms with Crippen LogP contribution in [0.3, 0.4) is 0 Å². The summed E-state index contributed by atoms with van der Waals surface area (Å²) in [4.78, 5) is 62.5. The molecule has 8 rings (SSSR count). The van der Waals surface area contributed by atoms with Gasteiger partial charge in [0.05, 0.1) is 31.7 Å². The molecule has 4 aliphatic rings. The topological polar surface area (TPSA) is 99.3 Å². The number of anilines is 2. The van der Waals surface area contributed by atoms with Gasteiger partial charge in [-0.3, -0.25) is 24.6 Å². The van der Waals surface area contributed by atoms with Crippen LogP contribution in [0.4, 0.5) is 11.4 Å². The van der Waals surface area contributed by atoms with E-state index in [0.717, 1.165) is 11.1 Å². The van der Waals surface area contributed by atoms with Crippen molar-refractivity contribution in [2.45, 2.75) is 43.4 Å². The Bertz CT molecular complexity index is 2010.